The molecular formula is C72H86Cl6FN3O12. The van der Waals surface area contributed by atoms with Gasteiger partial charge >= 0.3 is 0 Å². The predicted molar refractivity (Wildman–Crippen MR) is 369 cm³/mol. The number of aliphatic hydroxyl groups is 3. The molecule has 6 N–H and O–H groups in total. The van der Waals surface area contributed by atoms with Crippen molar-refractivity contribution in [3.8, 4) is 34.5 Å². The molecule has 9 rings (SSSR count). The van der Waals surface area contributed by atoms with E-state index in [2.05, 4.69) is 16.0 Å². The molecule has 3 fully saturated rings. The molecule has 0 radical (unpaired) electrons. The SMILES string of the molecule is O=C(COc1ccc(Cl)cc1)NC1CCC(CCC(O)COc2ccc(Cl)c(F)c2)CC1.O=C(COc1ccc(Cl)cc1)NC1CCC(CC[C@@H](O)COc2ccc(Cl)cc2)CC1.O=C(COc1ccc(Cl)cc1)NC1CCC(CC[C@H](O)COc2ccc(Cl)cc2)CC1. The van der Waals surface area contributed by atoms with Crippen LogP contribution in [0.5, 0.6) is 34.5 Å². The standard InChI is InChI=1S/C24H28Cl2FNO4.2C24H29Cl2NO4/c25-17-4-9-20(10-5-17)32-15-24(30)28-18-6-1-16(2-7-18)3-8-19(29)14-31-21-11-12-22(26)23(27)13-21;2*25-18-4-11-22(12-5-18)30-15-21(28)10-3-17-1-8-20(9-2-17)27-24(29)16-31-23-13-6-19(26)7-14-23/h4-5,9-13,16,18-19,29H,1-3,6-8,14-15H2,(H,28,30);2*4-7,11-14,17,20-21,28H,1-3,8-10,15-16H2,(H,27,29)/t;2*17?,20?,21-/m.10/s1. The van der Waals surface area contributed by atoms with Gasteiger partial charge in [0.25, 0.3) is 17.7 Å². The van der Waals surface area contributed by atoms with Crippen molar-refractivity contribution in [1.29, 1.82) is 0 Å². The molecule has 3 aliphatic rings. The predicted octanol–water partition coefficient (Wildman–Crippen LogP) is 15.9. The molecule has 3 saturated carbocycles. The fourth-order valence-electron chi connectivity index (χ4n) is 11.4. The number of hydrogen-bond acceptors (Lipinski definition) is 12. The van der Waals surface area contributed by atoms with E-state index in [1.807, 2.05) is 0 Å². The van der Waals surface area contributed by atoms with Crippen molar-refractivity contribution in [3.63, 3.8) is 0 Å². The minimum absolute atomic E-state index is 0.00136. The molecule has 3 atom stereocenters. The molecule has 6 aromatic rings. The van der Waals surface area contributed by atoms with E-state index >= 15 is 0 Å². The molecule has 6 aromatic carbocycles. The van der Waals surface area contributed by atoms with Gasteiger partial charge in [-0.1, -0.05) is 69.6 Å². The van der Waals surface area contributed by atoms with Gasteiger partial charge in [-0.25, -0.2) is 4.39 Å². The lowest BCUT2D eigenvalue weighted by atomic mass is 9.83. The normalized spacial score (nSPS) is 19.4. The van der Waals surface area contributed by atoms with Crippen molar-refractivity contribution in [2.24, 2.45) is 17.8 Å². The van der Waals surface area contributed by atoms with E-state index in [-0.39, 0.29) is 80.5 Å². The number of hydrogen-bond donors (Lipinski definition) is 6. The van der Waals surface area contributed by atoms with Crippen LogP contribution in [0, 0.1) is 23.6 Å². The van der Waals surface area contributed by atoms with E-state index in [9.17, 15) is 34.1 Å². The van der Waals surface area contributed by atoms with Gasteiger partial charge in [0.1, 0.15) is 60.1 Å². The minimum Gasteiger partial charge on any atom is -0.491 e. The van der Waals surface area contributed by atoms with Gasteiger partial charge in [0.05, 0.1) is 23.3 Å². The molecule has 0 aliphatic heterocycles. The summed E-state index contributed by atoms with van der Waals surface area (Å²) in [7, 11) is 0. The first-order valence-corrected chi connectivity index (χ1v) is 34.5. The number of aliphatic hydroxyl groups excluding tert-OH is 3. The molecular weight excluding hydrogens is 1330 g/mol. The van der Waals surface area contributed by atoms with Crippen LogP contribution < -0.4 is 44.4 Å². The van der Waals surface area contributed by atoms with Gasteiger partial charge in [-0.15, -0.1) is 0 Å². The van der Waals surface area contributed by atoms with E-state index in [0.29, 0.717) is 96.6 Å². The van der Waals surface area contributed by atoms with Crippen LogP contribution in [0.1, 0.15) is 116 Å². The van der Waals surface area contributed by atoms with E-state index in [4.69, 9.17) is 98.0 Å². The fourth-order valence-corrected chi connectivity index (χ4v) is 12.1. The van der Waals surface area contributed by atoms with Gasteiger partial charge in [0, 0.05) is 49.3 Å². The highest BCUT2D eigenvalue weighted by Gasteiger charge is 2.27. The van der Waals surface area contributed by atoms with Gasteiger partial charge < -0.3 is 59.7 Å². The second kappa shape index (κ2) is 41.2. The van der Waals surface area contributed by atoms with Crippen molar-refractivity contribution in [1.82, 2.24) is 16.0 Å². The summed E-state index contributed by atoms with van der Waals surface area (Å²) < 4.78 is 46.6. The van der Waals surface area contributed by atoms with Crippen LogP contribution in [0.25, 0.3) is 0 Å². The van der Waals surface area contributed by atoms with Gasteiger partial charge in [-0.3, -0.25) is 14.4 Å². The second-order valence-electron chi connectivity index (χ2n) is 24.2. The van der Waals surface area contributed by atoms with Crippen LogP contribution in [-0.2, 0) is 14.4 Å². The Morgan fingerprint density at radius 2 is 0.596 bits per heavy atom. The van der Waals surface area contributed by atoms with E-state index in [0.717, 1.165) is 96.3 Å². The molecule has 0 aromatic heterocycles. The van der Waals surface area contributed by atoms with Gasteiger partial charge in [0.15, 0.2) is 19.8 Å². The van der Waals surface area contributed by atoms with Gasteiger partial charge in [0.2, 0.25) is 0 Å². The van der Waals surface area contributed by atoms with Gasteiger partial charge in [-0.05, 0) is 267 Å². The second-order valence-corrected chi connectivity index (χ2v) is 26.8. The van der Waals surface area contributed by atoms with Crippen molar-refractivity contribution in [2.75, 3.05) is 39.6 Å². The molecule has 22 heteroatoms. The number of rotatable bonds is 30. The van der Waals surface area contributed by atoms with Crippen LogP contribution in [-0.4, -0.2) is 109 Å². The quantitative estimate of drug-likeness (QED) is 0.0249. The van der Waals surface area contributed by atoms with Crippen LogP contribution in [0.4, 0.5) is 4.39 Å². The highest BCUT2D eigenvalue weighted by Crippen LogP contribution is 2.32. The van der Waals surface area contributed by atoms with Crippen molar-refractivity contribution in [3.05, 3.63) is 175 Å². The number of halogens is 7. The third kappa shape index (κ3) is 30.0. The summed E-state index contributed by atoms with van der Waals surface area (Å²) in [5, 5.41) is 43.0. The minimum atomic E-state index is -0.615. The summed E-state index contributed by atoms with van der Waals surface area (Å²) in [6, 6.07) is 39.8. The summed E-state index contributed by atoms with van der Waals surface area (Å²) in [6.45, 7) is 0.648. The fraction of sp³-hybridized carbons (Fsp3) is 0.458. The van der Waals surface area contributed by atoms with Crippen LogP contribution >= 0.6 is 69.6 Å². The Hall–Kier alpha value is -5.92. The third-order valence-corrected chi connectivity index (χ3v) is 18.3. The molecule has 0 spiro atoms. The summed E-state index contributed by atoms with van der Waals surface area (Å²) >= 11 is 34.9. The lowest BCUT2D eigenvalue weighted by Gasteiger charge is -2.29. The Kier molecular flexibility index (Phi) is 33.1. The zero-order chi connectivity index (χ0) is 67.0. The third-order valence-electron chi connectivity index (χ3n) is 16.8. The average Bonchev–Trinajstić information content (AvgIpc) is 1.72. The summed E-state index contributed by atoms with van der Waals surface area (Å²) in [5.74, 6) is 4.40. The highest BCUT2D eigenvalue weighted by atomic mass is 35.5. The Balaban J connectivity index is 0.000000200. The number of carbonyl (C=O) groups is 3. The lowest BCUT2D eigenvalue weighted by molar-refractivity contribution is -0.124. The maximum atomic E-state index is 13.4. The van der Waals surface area contributed by atoms with Gasteiger partial charge in [-0.2, -0.15) is 0 Å². The molecule has 3 aliphatic carbocycles. The lowest BCUT2D eigenvalue weighted by Crippen LogP contribution is -2.40. The first kappa shape index (κ1) is 75.5. The zero-order valence-corrected chi connectivity index (χ0v) is 57.1. The van der Waals surface area contributed by atoms with Crippen molar-refractivity contribution >= 4 is 87.3 Å². The topological polar surface area (TPSA) is 203 Å². The van der Waals surface area contributed by atoms with Crippen LogP contribution in [0.3, 0.4) is 0 Å². The van der Waals surface area contributed by atoms with E-state index in [1.54, 1.807) is 127 Å². The molecule has 1 unspecified atom stereocenters. The van der Waals surface area contributed by atoms with Crippen molar-refractivity contribution < 1.29 is 62.5 Å². The maximum Gasteiger partial charge on any atom is 0.258 e. The number of amides is 3. The zero-order valence-electron chi connectivity index (χ0n) is 52.6. The van der Waals surface area contributed by atoms with Crippen molar-refractivity contribution in [2.45, 2.75) is 152 Å². The highest BCUT2D eigenvalue weighted by molar-refractivity contribution is 6.32. The molecule has 94 heavy (non-hydrogen) atoms. The summed E-state index contributed by atoms with van der Waals surface area (Å²) in [6.07, 6.45) is 15.1. The molecule has 15 nitrogen and oxygen atoms in total. The average molecular weight is 1420 g/mol. The number of nitrogens with one attached hydrogen (secondary N) is 3. The molecule has 3 amide bonds. The molecule has 510 valence electrons. The number of carbonyl (C=O) groups excluding carboxylic acids is 3. The van der Waals surface area contributed by atoms with Crippen LogP contribution in [0.15, 0.2) is 140 Å². The Morgan fingerprint density at radius 1 is 0.362 bits per heavy atom. The first-order chi connectivity index (χ1) is 45.3. The smallest absolute Gasteiger partial charge is 0.258 e. The van der Waals surface area contributed by atoms with Crippen LogP contribution in [0.2, 0.25) is 30.1 Å². The summed E-state index contributed by atoms with van der Waals surface area (Å²) in [4.78, 5) is 36.4. The Morgan fingerprint density at radius 3 is 0.851 bits per heavy atom. The first-order valence-electron chi connectivity index (χ1n) is 32.3. The monoisotopic (exact) mass is 1410 g/mol. The Labute approximate surface area is 581 Å². The number of ether oxygens (including phenoxy) is 6. The Bertz CT molecular complexity index is 3020. The largest absolute Gasteiger partial charge is 0.491 e. The number of benzene rings is 6. The molecule has 0 saturated heterocycles. The molecule has 0 bridgehead atoms. The van der Waals surface area contributed by atoms with E-state index in [1.165, 1.54) is 12.1 Å². The van der Waals surface area contributed by atoms with E-state index < -0.39 is 24.1 Å². The maximum absolute atomic E-state index is 13.4. The molecule has 0 heterocycles. The summed E-state index contributed by atoms with van der Waals surface area (Å²) in [5.41, 5.74) is 0.